The molecule has 8 heteroatoms. The number of carbonyl (C=O) groups is 2. The van der Waals surface area contributed by atoms with Crippen LogP contribution in [0.1, 0.15) is 22.3 Å². The van der Waals surface area contributed by atoms with Gasteiger partial charge in [-0.2, -0.15) is 0 Å². The maximum absolute atomic E-state index is 12.5. The van der Waals surface area contributed by atoms with E-state index in [4.69, 9.17) is 9.47 Å². The topological polar surface area (TPSA) is 84.0 Å². The van der Waals surface area contributed by atoms with Gasteiger partial charge in [0, 0.05) is 39.8 Å². The van der Waals surface area contributed by atoms with E-state index in [1.807, 2.05) is 24.3 Å². The lowest BCUT2D eigenvalue weighted by Gasteiger charge is -2.19. The number of hydrogen-bond acceptors (Lipinski definition) is 5. The zero-order valence-corrected chi connectivity index (χ0v) is 16.9. The van der Waals surface area contributed by atoms with E-state index in [2.05, 4.69) is 10.3 Å². The number of hydrogen-bond donors (Lipinski definition) is 1. The van der Waals surface area contributed by atoms with Crippen LogP contribution >= 0.6 is 0 Å². The van der Waals surface area contributed by atoms with E-state index in [9.17, 15) is 9.59 Å². The van der Waals surface area contributed by atoms with E-state index >= 15 is 0 Å². The molecular formula is C21H26N4O4. The molecule has 29 heavy (non-hydrogen) atoms. The van der Waals surface area contributed by atoms with E-state index < -0.39 is 0 Å². The highest BCUT2D eigenvalue weighted by Crippen LogP contribution is 2.21. The summed E-state index contributed by atoms with van der Waals surface area (Å²) in [6, 6.07) is 10.8. The van der Waals surface area contributed by atoms with Crippen molar-refractivity contribution in [2.24, 2.45) is 0 Å². The van der Waals surface area contributed by atoms with Crippen molar-refractivity contribution in [3.05, 3.63) is 53.7 Å². The molecule has 1 aromatic carbocycles. The maximum atomic E-state index is 12.5. The average Bonchev–Trinajstić information content (AvgIpc) is 3.20. The van der Waals surface area contributed by atoms with Gasteiger partial charge in [-0.05, 0) is 29.8 Å². The lowest BCUT2D eigenvalue weighted by molar-refractivity contribution is 0.0818. The SMILES string of the molecule is COc1cccc(CNC(=O)N2CCC(Oc3ncccc3C(=O)N(C)C)C2)c1. The predicted molar refractivity (Wildman–Crippen MR) is 108 cm³/mol. The molecule has 8 nitrogen and oxygen atoms in total. The Morgan fingerprint density at radius 3 is 2.86 bits per heavy atom. The van der Waals surface area contributed by atoms with Crippen molar-refractivity contribution >= 4 is 11.9 Å². The molecule has 0 bridgehead atoms. The zero-order valence-electron chi connectivity index (χ0n) is 16.9. The van der Waals surface area contributed by atoms with Crippen LogP contribution in [0.25, 0.3) is 0 Å². The summed E-state index contributed by atoms with van der Waals surface area (Å²) in [6.45, 7) is 1.44. The first-order valence-electron chi connectivity index (χ1n) is 9.47. The highest BCUT2D eigenvalue weighted by molar-refractivity contribution is 5.96. The molecule has 1 saturated heterocycles. The molecule has 2 heterocycles. The number of nitrogens with zero attached hydrogens (tertiary/aromatic N) is 3. The third-order valence-electron chi connectivity index (χ3n) is 4.70. The van der Waals surface area contributed by atoms with Crippen molar-refractivity contribution in [3.8, 4) is 11.6 Å². The van der Waals surface area contributed by atoms with Gasteiger partial charge in [-0.25, -0.2) is 9.78 Å². The lowest BCUT2D eigenvalue weighted by atomic mass is 10.2. The van der Waals surface area contributed by atoms with Gasteiger partial charge in [0.15, 0.2) is 0 Å². The van der Waals surface area contributed by atoms with Crippen LogP contribution in [-0.4, -0.2) is 67.1 Å². The first-order valence-corrected chi connectivity index (χ1v) is 9.47. The van der Waals surface area contributed by atoms with E-state index in [-0.39, 0.29) is 18.0 Å². The number of benzene rings is 1. The molecule has 1 unspecified atom stereocenters. The van der Waals surface area contributed by atoms with E-state index in [1.54, 1.807) is 44.4 Å². The number of urea groups is 1. The second-order valence-electron chi connectivity index (χ2n) is 7.04. The van der Waals surface area contributed by atoms with E-state index in [1.165, 1.54) is 4.90 Å². The Balaban J connectivity index is 1.55. The van der Waals surface area contributed by atoms with Gasteiger partial charge in [0.1, 0.15) is 17.4 Å². The van der Waals surface area contributed by atoms with Crippen LogP contribution < -0.4 is 14.8 Å². The third-order valence-corrected chi connectivity index (χ3v) is 4.70. The minimum absolute atomic E-state index is 0.149. The molecular weight excluding hydrogens is 372 g/mol. The van der Waals surface area contributed by atoms with Gasteiger partial charge >= 0.3 is 6.03 Å². The van der Waals surface area contributed by atoms with Gasteiger partial charge in [0.05, 0.1) is 13.7 Å². The van der Waals surface area contributed by atoms with Crippen molar-refractivity contribution in [1.29, 1.82) is 0 Å². The monoisotopic (exact) mass is 398 g/mol. The summed E-state index contributed by atoms with van der Waals surface area (Å²) in [5.41, 5.74) is 1.38. The van der Waals surface area contributed by atoms with E-state index in [0.29, 0.717) is 37.5 Å². The largest absolute Gasteiger partial charge is 0.497 e. The molecule has 1 aromatic heterocycles. The number of rotatable bonds is 6. The number of aromatic nitrogens is 1. The highest BCUT2D eigenvalue weighted by atomic mass is 16.5. The Kier molecular flexibility index (Phi) is 6.54. The van der Waals surface area contributed by atoms with Gasteiger partial charge in [-0.3, -0.25) is 4.79 Å². The first kappa shape index (κ1) is 20.4. The summed E-state index contributed by atoms with van der Waals surface area (Å²) >= 11 is 0. The number of methoxy groups -OCH3 is 1. The number of likely N-dealkylation sites (tertiary alicyclic amines) is 1. The summed E-state index contributed by atoms with van der Waals surface area (Å²) in [5, 5.41) is 2.92. The van der Waals surface area contributed by atoms with Crippen LogP contribution in [0.5, 0.6) is 11.6 Å². The van der Waals surface area contributed by atoms with Crippen LogP contribution in [0.4, 0.5) is 4.79 Å². The minimum Gasteiger partial charge on any atom is -0.497 e. The number of pyridine rings is 1. The molecule has 1 N–H and O–H groups in total. The van der Waals surface area contributed by atoms with Crippen molar-refractivity contribution < 1.29 is 19.1 Å². The van der Waals surface area contributed by atoms with Crippen molar-refractivity contribution in [2.75, 3.05) is 34.3 Å². The second-order valence-corrected chi connectivity index (χ2v) is 7.04. The van der Waals surface area contributed by atoms with Gasteiger partial charge in [-0.15, -0.1) is 0 Å². The Hall–Kier alpha value is -3.29. The van der Waals surface area contributed by atoms with Crippen LogP contribution in [0, 0.1) is 0 Å². The third kappa shape index (κ3) is 5.16. The van der Waals surface area contributed by atoms with Crippen molar-refractivity contribution in [1.82, 2.24) is 20.1 Å². The number of amides is 3. The van der Waals surface area contributed by atoms with Gasteiger partial charge in [0.2, 0.25) is 5.88 Å². The molecule has 0 radical (unpaired) electrons. The van der Waals surface area contributed by atoms with E-state index in [0.717, 1.165) is 11.3 Å². The van der Waals surface area contributed by atoms with Crippen LogP contribution in [0.15, 0.2) is 42.6 Å². The Labute approximate surface area is 170 Å². The zero-order chi connectivity index (χ0) is 20.8. The van der Waals surface area contributed by atoms with Gasteiger partial charge in [-0.1, -0.05) is 12.1 Å². The Morgan fingerprint density at radius 1 is 1.28 bits per heavy atom. The molecule has 1 atom stereocenters. The summed E-state index contributed by atoms with van der Waals surface area (Å²) in [6.07, 6.45) is 2.06. The first-order chi connectivity index (χ1) is 14.0. The van der Waals surface area contributed by atoms with Gasteiger partial charge < -0.3 is 24.6 Å². The fourth-order valence-electron chi connectivity index (χ4n) is 3.13. The van der Waals surface area contributed by atoms with Crippen molar-refractivity contribution in [2.45, 2.75) is 19.1 Å². The Morgan fingerprint density at radius 2 is 2.10 bits per heavy atom. The fourth-order valence-corrected chi connectivity index (χ4v) is 3.13. The molecule has 1 aliphatic heterocycles. The molecule has 2 aromatic rings. The molecule has 154 valence electrons. The molecule has 1 fully saturated rings. The molecule has 0 aliphatic carbocycles. The average molecular weight is 398 g/mol. The summed E-state index contributed by atoms with van der Waals surface area (Å²) in [7, 11) is 4.98. The fraction of sp³-hybridized carbons (Fsp3) is 0.381. The Bertz CT molecular complexity index is 871. The molecule has 0 saturated carbocycles. The summed E-state index contributed by atoms with van der Waals surface area (Å²) < 4.78 is 11.2. The lowest BCUT2D eigenvalue weighted by Crippen LogP contribution is -2.39. The molecule has 3 rings (SSSR count). The smallest absolute Gasteiger partial charge is 0.317 e. The number of ether oxygens (including phenoxy) is 2. The molecule has 3 amide bonds. The predicted octanol–water partition coefficient (Wildman–Crippen LogP) is 2.15. The second kappa shape index (κ2) is 9.27. The molecule has 0 spiro atoms. The minimum atomic E-state index is -0.207. The summed E-state index contributed by atoms with van der Waals surface area (Å²) in [4.78, 5) is 32.2. The molecule has 1 aliphatic rings. The van der Waals surface area contributed by atoms with Crippen LogP contribution in [0.2, 0.25) is 0 Å². The van der Waals surface area contributed by atoms with Gasteiger partial charge in [0.25, 0.3) is 5.91 Å². The number of nitrogens with one attached hydrogen (secondary N) is 1. The highest BCUT2D eigenvalue weighted by Gasteiger charge is 2.29. The summed E-state index contributed by atoms with van der Waals surface area (Å²) in [5.74, 6) is 0.888. The van der Waals surface area contributed by atoms with Crippen LogP contribution in [0.3, 0.4) is 0 Å². The quantitative estimate of drug-likeness (QED) is 0.806. The number of carbonyl (C=O) groups excluding carboxylic acids is 2. The normalized spacial score (nSPS) is 15.7. The maximum Gasteiger partial charge on any atom is 0.317 e. The van der Waals surface area contributed by atoms with Crippen molar-refractivity contribution in [3.63, 3.8) is 0 Å². The van der Waals surface area contributed by atoms with Crippen LogP contribution in [-0.2, 0) is 6.54 Å². The standard InChI is InChI=1S/C21H26N4O4/c1-24(2)20(26)18-8-5-10-22-19(18)29-17-9-11-25(14-17)21(27)23-13-15-6-4-7-16(12-15)28-3/h4-8,10,12,17H,9,11,13-14H2,1-3H3,(H,23,27).